The van der Waals surface area contributed by atoms with Crippen molar-refractivity contribution in [2.45, 2.75) is 20.4 Å². The number of ether oxygens (including phenoxy) is 1. The van der Waals surface area contributed by atoms with Crippen molar-refractivity contribution >= 4 is 28.4 Å². The molecule has 4 heterocycles. The normalized spacial score (nSPS) is 14.7. The Labute approximate surface area is 178 Å². The Morgan fingerprint density at radius 2 is 2.10 bits per heavy atom. The van der Waals surface area contributed by atoms with Gasteiger partial charge in [0.05, 0.1) is 18.2 Å². The van der Waals surface area contributed by atoms with Gasteiger partial charge in [-0.1, -0.05) is 23.8 Å². The molecule has 1 aliphatic rings. The lowest BCUT2D eigenvalue weighted by atomic mass is 10.0. The van der Waals surface area contributed by atoms with Gasteiger partial charge in [0.2, 0.25) is 0 Å². The molecule has 1 N–H and O–H groups in total. The number of aromatic amines is 1. The molecule has 0 unspecified atom stereocenters. The molecule has 4 rings (SSSR count). The Bertz CT molecular complexity index is 1190. The Hall–Kier alpha value is -2.90. The first-order chi connectivity index (χ1) is 14.5. The van der Waals surface area contributed by atoms with Crippen molar-refractivity contribution in [3.05, 3.63) is 63.4 Å². The largest absolute Gasteiger partial charge is 0.378 e. The molecule has 1 aliphatic heterocycles. The van der Waals surface area contributed by atoms with Crippen LogP contribution in [0.5, 0.6) is 0 Å². The Kier molecular flexibility index (Phi) is 5.74. The summed E-state index contributed by atoms with van der Waals surface area (Å²) >= 11 is 6.48. The van der Waals surface area contributed by atoms with Crippen molar-refractivity contribution in [3.8, 4) is 11.1 Å². The summed E-state index contributed by atoms with van der Waals surface area (Å²) in [5, 5.41) is 1.09. The van der Waals surface area contributed by atoms with Gasteiger partial charge >= 0.3 is 0 Å². The number of morpholine rings is 1. The number of hydrogen-bond acceptors (Lipinski definition) is 4. The van der Waals surface area contributed by atoms with Crippen LogP contribution < -0.4 is 5.56 Å². The number of H-pyrrole nitrogens is 1. The van der Waals surface area contributed by atoms with Crippen LogP contribution in [-0.4, -0.2) is 51.6 Å². The van der Waals surface area contributed by atoms with Crippen molar-refractivity contribution < 1.29 is 9.53 Å². The summed E-state index contributed by atoms with van der Waals surface area (Å²) in [6.07, 6.45) is 7.28. The number of rotatable bonds is 4. The van der Waals surface area contributed by atoms with Crippen LogP contribution in [0.2, 0.25) is 5.02 Å². The molecule has 3 aromatic rings. The molecule has 7 nitrogen and oxygen atoms in total. The summed E-state index contributed by atoms with van der Waals surface area (Å²) in [5.41, 5.74) is 3.16. The number of carbonyl (C=O) groups excluding carboxylic acids is 1. The van der Waals surface area contributed by atoms with E-state index in [0.717, 1.165) is 22.2 Å². The monoisotopic (exact) mass is 426 g/mol. The van der Waals surface area contributed by atoms with Gasteiger partial charge in [0.25, 0.3) is 11.5 Å². The smallest absolute Gasteiger partial charge is 0.275 e. The van der Waals surface area contributed by atoms with Crippen LogP contribution in [0, 0.1) is 6.92 Å². The van der Waals surface area contributed by atoms with Crippen molar-refractivity contribution in [3.63, 3.8) is 0 Å². The van der Waals surface area contributed by atoms with Crippen molar-refractivity contribution in [1.82, 2.24) is 19.4 Å². The highest BCUT2D eigenvalue weighted by molar-refractivity contribution is 6.33. The van der Waals surface area contributed by atoms with Gasteiger partial charge in [0, 0.05) is 54.2 Å². The third kappa shape index (κ3) is 3.78. The van der Waals surface area contributed by atoms with Crippen molar-refractivity contribution in [2.75, 3.05) is 26.3 Å². The molecule has 3 aromatic heterocycles. The number of halogens is 1. The average Bonchev–Trinajstić information content (AvgIpc) is 3.15. The predicted octanol–water partition coefficient (Wildman–Crippen LogP) is 3.40. The van der Waals surface area contributed by atoms with Gasteiger partial charge in [-0.3, -0.25) is 9.59 Å². The summed E-state index contributed by atoms with van der Waals surface area (Å²) in [4.78, 5) is 34.8. The van der Waals surface area contributed by atoms with E-state index >= 15 is 0 Å². The molecule has 0 spiro atoms. The van der Waals surface area contributed by atoms with Gasteiger partial charge in [-0.2, -0.15) is 0 Å². The zero-order valence-corrected chi connectivity index (χ0v) is 17.7. The van der Waals surface area contributed by atoms with Crippen LogP contribution in [0.25, 0.3) is 22.0 Å². The molecule has 8 heteroatoms. The fourth-order valence-corrected chi connectivity index (χ4v) is 3.89. The summed E-state index contributed by atoms with van der Waals surface area (Å²) in [7, 11) is 0. The summed E-state index contributed by atoms with van der Waals surface area (Å²) in [6, 6.07) is 3.68. The highest BCUT2D eigenvalue weighted by atomic mass is 35.5. The molecule has 0 aromatic carbocycles. The maximum atomic E-state index is 12.8. The lowest BCUT2D eigenvalue weighted by Crippen LogP contribution is -2.41. The van der Waals surface area contributed by atoms with Gasteiger partial charge in [0.1, 0.15) is 11.2 Å². The standard InChI is InChI=1S/C22H23ClN4O3/c1-3-4-5-27-13-17(16-10-14(2)25-19(16)21(27)28)15-11-18(23)20(24-12-15)22(29)26-6-8-30-9-7-26/h3-4,10-13,25H,5-9H2,1-2H3/b4-3+. The number of nitrogens with one attached hydrogen (secondary N) is 1. The minimum atomic E-state index is -0.199. The van der Waals surface area contributed by atoms with Gasteiger partial charge in [-0.15, -0.1) is 0 Å². The minimum absolute atomic E-state index is 0.0851. The van der Waals surface area contributed by atoms with Gasteiger partial charge in [-0.25, -0.2) is 4.98 Å². The topological polar surface area (TPSA) is 80.2 Å². The van der Waals surface area contributed by atoms with Crippen LogP contribution in [-0.2, 0) is 11.3 Å². The van der Waals surface area contributed by atoms with Crippen LogP contribution in [0.3, 0.4) is 0 Å². The van der Waals surface area contributed by atoms with Crippen molar-refractivity contribution in [2.24, 2.45) is 0 Å². The Morgan fingerprint density at radius 1 is 1.33 bits per heavy atom. The number of nitrogens with zero attached hydrogens (tertiary/aromatic N) is 3. The Balaban J connectivity index is 1.78. The highest BCUT2D eigenvalue weighted by Gasteiger charge is 2.23. The van der Waals surface area contributed by atoms with E-state index in [0.29, 0.717) is 38.4 Å². The average molecular weight is 427 g/mol. The molecule has 0 radical (unpaired) electrons. The first kappa shape index (κ1) is 20.4. The lowest BCUT2D eigenvalue weighted by Gasteiger charge is -2.26. The summed E-state index contributed by atoms with van der Waals surface area (Å²) in [6.45, 7) is 6.37. The molecule has 0 atom stereocenters. The molecule has 156 valence electrons. The minimum Gasteiger partial charge on any atom is -0.378 e. The highest BCUT2D eigenvalue weighted by Crippen LogP contribution is 2.30. The van der Waals surface area contributed by atoms with Crippen LogP contribution in [0.15, 0.2) is 41.5 Å². The van der Waals surface area contributed by atoms with E-state index in [-0.39, 0.29) is 22.2 Å². The lowest BCUT2D eigenvalue weighted by molar-refractivity contribution is 0.0299. The first-order valence-corrected chi connectivity index (χ1v) is 10.2. The molecule has 0 bridgehead atoms. The second-order valence-corrected chi connectivity index (χ2v) is 7.68. The van der Waals surface area contributed by atoms with Crippen LogP contribution in [0.4, 0.5) is 0 Å². The van der Waals surface area contributed by atoms with E-state index < -0.39 is 0 Å². The number of carbonyl (C=O) groups is 1. The molecule has 1 saturated heterocycles. The second-order valence-electron chi connectivity index (χ2n) is 7.27. The maximum Gasteiger partial charge on any atom is 0.275 e. The molecule has 30 heavy (non-hydrogen) atoms. The van der Waals surface area contributed by atoms with E-state index in [9.17, 15) is 9.59 Å². The predicted molar refractivity (Wildman–Crippen MR) is 117 cm³/mol. The number of aromatic nitrogens is 3. The van der Waals surface area contributed by atoms with Crippen LogP contribution >= 0.6 is 11.6 Å². The van der Waals surface area contributed by atoms with E-state index in [1.807, 2.05) is 38.3 Å². The maximum absolute atomic E-state index is 12.8. The summed E-state index contributed by atoms with van der Waals surface area (Å²) in [5.74, 6) is -0.199. The van der Waals surface area contributed by atoms with E-state index in [2.05, 4.69) is 9.97 Å². The van der Waals surface area contributed by atoms with Gasteiger partial charge in [0.15, 0.2) is 0 Å². The number of hydrogen-bond donors (Lipinski definition) is 1. The first-order valence-electron chi connectivity index (χ1n) is 9.86. The number of amides is 1. The number of allylic oxidation sites excluding steroid dienone is 2. The SMILES string of the molecule is C/C=C/Cn1cc(-c2cnc(C(=O)N3CCOCC3)c(Cl)c2)c2cc(C)[nH]c2c1=O. The molecular formula is C22H23ClN4O3. The van der Waals surface area contributed by atoms with E-state index in [1.165, 1.54) is 0 Å². The zero-order chi connectivity index (χ0) is 21.3. The fraction of sp³-hybridized carbons (Fsp3) is 0.318. The summed E-state index contributed by atoms with van der Waals surface area (Å²) < 4.78 is 6.95. The third-order valence-corrected chi connectivity index (χ3v) is 5.48. The Morgan fingerprint density at radius 3 is 2.80 bits per heavy atom. The molecular weight excluding hydrogens is 404 g/mol. The van der Waals surface area contributed by atoms with Gasteiger partial charge < -0.3 is 19.2 Å². The number of fused-ring (bicyclic) bond motifs is 1. The number of aryl methyl sites for hydroxylation is 1. The molecule has 1 fully saturated rings. The van der Waals surface area contributed by atoms with Gasteiger partial charge in [-0.05, 0) is 26.0 Å². The second kappa shape index (κ2) is 8.45. The molecule has 0 saturated carbocycles. The van der Waals surface area contributed by atoms with E-state index in [1.54, 1.807) is 21.7 Å². The third-order valence-electron chi connectivity index (χ3n) is 5.19. The fourth-order valence-electron chi connectivity index (χ4n) is 3.64. The molecule has 1 amide bonds. The number of pyridine rings is 2. The van der Waals surface area contributed by atoms with Crippen molar-refractivity contribution in [1.29, 1.82) is 0 Å². The van der Waals surface area contributed by atoms with Crippen LogP contribution in [0.1, 0.15) is 23.1 Å². The van der Waals surface area contributed by atoms with E-state index in [4.69, 9.17) is 16.3 Å². The zero-order valence-electron chi connectivity index (χ0n) is 16.9. The quantitative estimate of drug-likeness (QED) is 0.648. The molecule has 0 aliphatic carbocycles.